The zero-order valence-electron chi connectivity index (χ0n) is 31.1. The van der Waals surface area contributed by atoms with Crippen molar-refractivity contribution in [3.8, 4) is 22.5 Å². The minimum atomic E-state index is -0.188. The van der Waals surface area contributed by atoms with Crippen LogP contribution in [0, 0.1) is 0 Å². The number of furan rings is 1. The number of rotatable bonds is 5. The van der Waals surface area contributed by atoms with Gasteiger partial charge in [0.15, 0.2) is 0 Å². The van der Waals surface area contributed by atoms with Crippen LogP contribution in [0.2, 0.25) is 0 Å². The van der Waals surface area contributed by atoms with Crippen molar-refractivity contribution in [1.82, 2.24) is 9.13 Å². The molecule has 3 aromatic heterocycles. The quantitative estimate of drug-likeness (QED) is 0.175. The lowest BCUT2D eigenvalue weighted by Crippen LogP contribution is -2.15. The lowest BCUT2D eigenvalue weighted by molar-refractivity contribution is 0.656. The van der Waals surface area contributed by atoms with Crippen LogP contribution in [-0.2, 0) is 5.41 Å². The largest absolute Gasteiger partial charge is 0.456 e. The average molecular weight is 707 g/mol. The fourth-order valence-corrected chi connectivity index (χ4v) is 9.46. The van der Waals surface area contributed by atoms with Crippen molar-refractivity contribution in [1.29, 1.82) is 0 Å². The molecule has 55 heavy (non-hydrogen) atoms. The van der Waals surface area contributed by atoms with Crippen LogP contribution in [0.1, 0.15) is 48.7 Å². The van der Waals surface area contributed by atoms with Crippen molar-refractivity contribution in [2.45, 2.75) is 26.2 Å². The predicted molar refractivity (Wildman–Crippen MR) is 233 cm³/mol. The summed E-state index contributed by atoms with van der Waals surface area (Å²) in [7, 11) is 0. The van der Waals surface area contributed by atoms with Gasteiger partial charge in [0, 0.05) is 49.3 Å². The van der Waals surface area contributed by atoms with Crippen molar-refractivity contribution in [3.05, 3.63) is 186 Å². The van der Waals surface area contributed by atoms with Gasteiger partial charge in [0.05, 0.1) is 22.2 Å². The van der Waals surface area contributed by atoms with E-state index in [9.17, 15) is 0 Å². The summed E-state index contributed by atoms with van der Waals surface area (Å²) < 4.78 is 11.1. The lowest BCUT2D eigenvalue weighted by Gasteiger charge is -2.22. The highest BCUT2D eigenvalue weighted by atomic mass is 16.3. The number of allylic oxidation sites excluding steroid dienone is 1. The Morgan fingerprint density at radius 1 is 0.582 bits per heavy atom. The van der Waals surface area contributed by atoms with Crippen molar-refractivity contribution >= 4 is 72.4 Å². The summed E-state index contributed by atoms with van der Waals surface area (Å²) in [6.07, 6.45) is 4.37. The third-order valence-electron chi connectivity index (χ3n) is 12.1. The molecule has 3 heterocycles. The first kappa shape index (κ1) is 31.7. The lowest BCUT2D eigenvalue weighted by atomic mass is 9.82. The summed E-state index contributed by atoms with van der Waals surface area (Å²) in [5, 5.41) is 6.08. The Labute approximate surface area is 319 Å². The molecule has 0 spiro atoms. The molecule has 262 valence electrons. The number of nitrogens with zero attached hydrogens (tertiary/aromatic N) is 2. The number of fused-ring (bicyclic) bond motifs is 11. The normalized spacial score (nSPS) is 13.7. The van der Waals surface area contributed by atoms with Crippen LogP contribution in [0.15, 0.2) is 163 Å². The van der Waals surface area contributed by atoms with E-state index >= 15 is 0 Å². The zero-order valence-corrected chi connectivity index (χ0v) is 31.1. The smallest absolute Gasteiger partial charge is 0.136 e. The summed E-state index contributed by atoms with van der Waals surface area (Å²) in [6, 6.07) is 54.8. The predicted octanol–water partition coefficient (Wildman–Crippen LogP) is 14.1. The molecule has 1 aliphatic carbocycles. The summed E-state index contributed by atoms with van der Waals surface area (Å²) in [6.45, 7) is 11.3. The molecule has 0 atom stereocenters. The summed E-state index contributed by atoms with van der Waals surface area (Å²) >= 11 is 0. The highest BCUT2D eigenvalue weighted by Crippen LogP contribution is 2.53. The van der Waals surface area contributed by atoms with Gasteiger partial charge in [-0.25, -0.2) is 0 Å². The summed E-state index contributed by atoms with van der Waals surface area (Å²) in [5.41, 5.74) is 17.4. The van der Waals surface area contributed by atoms with E-state index in [0.717, 1.165) is 28.1 Å². The van der Waals surface area contributed by atoms with Crippen LogP contribution >= 0.6 is 0 Å². The van der Waals surface area contributed by atoms with E-state index in [-0.39, 0.29) is 5.41 Å². The Kier molecular flexibility index (Phi) is 6.67. The van der Waals surface area contributed by atoms with Gasteiger partial charge in [-0.15, -0.1) is 0 Å². The SMILES string of the molecule is C=Cc1c(/C=C(\C)c2ccc3c(c2)c2ccccc2n3-c2ccccc2)c2ccccc2n1-c1ccc2c(c1)C(C)(C)c1ccc3oc4ccccc4c3c1-2. The second-order valence-electron chi connectivity index (χ2n) is 15.4. The maximum Gasteiger partial charge on any atom is 0.136 e. The summed E-state index contributed by atoms with van der Waals surface area (Å²) in [5.74, 6) is 0. The molecule has 7 aromatic carbocycles. The van der Waals surface area contributed by atoms with E-state index in [1.165, 1.54) is 82.6 Å². The van der Waals surface area contributed by atoms with Crippen LogP contribution in [0.25, 0.3) is 94.9 Å². The number of benzene rings is 7. The van der Waals surface area contributed by atoms with Crippen molar-refractivity contribution in [2.75, 3.05) is 0 Å². The fourth-order valence-electron chi connectivity index (χ4n) is 9.46. The van der Waals surface area contributed by atoms with E-state index < -0.39 is 0 Å². The molecular weight excluding hydrogens is 669 g/mol. The molecule has 0 radical (unpaired) electrons. The van der Waals surface area contributed by atoms with Gasteiger partial charge in [-0.2, -0.15) is 0 Å². The molecular formula is C52H38N2O. The van der Waals surface area contributed by atoms with Crippen molar-refractivity contribution < 1.29 is 4.42 Å². The molecule has 1 aliphatic rings. The van der Waals surface area contributed by atoms with Crippen LogP contribution in [-0.4, -0.2) is 9.13 Å². The first-order valence-electron chi connectivity index (χ1n) is 19.1. The van der Waals surface area contributed by atoms with Gasteiger partial charge in [0.2, 0.25) is 0 Å². The van der Waals surface area contributed by atoms with Gasteiger partial charge < -0.3 is 13.6 Å². The second-order valence-corrected chi connectivity index (χ2v) is 15.4. The fraction of sp³-hybridized carbons (Fsp3) is 0.0769. The molecule has 0 unspecified atom stereocenters. The molecule has 0 saturated carbocycles. The third-order valence-corrected chi connectivity index (χ3v) is 12.1. The average Bonchev–Trinajstić information content (AvgIpc) is 3.93. The Bertz CT molecular complexity index is 3250. The van der Waals surface area contributed by atoms with Crippen LogP contribution in [0.3, 0.4) is 0 Å². The summed E-state index contributed by atoms with van der Waals surface area (Å²) in [4.78, 5) is 0. The number of hydrogen-bond donors (Lipinski definition) is 0. The molecule has 0 N–H and O–H groups in total. The Morgan fingerprint density at radius 2 is 1.27 bits per heavy atom. The second kappa shape index (κ2) is 11.6. The molecule has 0 fully saturated rings. The Hall–Kier alpha value is -6.84. The highest BCUT2D eigenvalue weighted by Gasteiger charge is 2.38. The maximum atomic E-state index is 6.34. The number of hydrogen-bond acceptors (Lipinski definition) is 1. The van der Waals surface area contributed by atoms with Gasteiger partial charge >= 0.3 is 0 Å². The van der Waals surface area contributed by atoms with E-state index in [4.69, 9.17) is 4.42 Å². The third kappa shape index (κ3) is 4.44. The molecule has 0 amide bonds. The molecule has 3 nitrogen and oxygen atoms in total. The van der Waals surface area contributed by atoms with E-state index in [1.807, 2.05) is 12.1 Å². The molecule has 3 heteroatoms. The van der Waals surface area contributed by atoms with Crippen LogP contribution < -0.4 is 0 Å². The van der Waals surface area contributed by atoms with E-state index in [1.54, 1.807) is 0 Å². The van der Waals surface area contributed by atoms with Crippen LogP contribution in [0.4, 0.5) is 0 Å². The molecule has 0 aliphatic heterocycles. The number of aromatic nitrogens is 2. The maximum absolute atomic E-state index is 6.34. The van der Waals surface area contributed by atoms with Crippen molar-refractivity contribution in [3.63, 3.8) is 0 Å². The molecule has 11 rings (SSSR count). The van der Waals surface area contributed by atoms with Gasteiger partial charge in [-0.3, -0.25) is 0 Å². The van der Waals surface area contributed by atoms with E-state index in [0.29, 0.717) is 0 Å². The molecule has 0 bridgehead atoms. The standard InChI is InChI=1S/C52H38N2O/c1-5-44-40(29-32(2)33-23-27-47-41(30-33)37-18-10-12-20-45(37)53(47)34-15-7-6-8-16-34)36-17-9-13-21-46(36)54(44)35-24-25-38-43(31-35)52(3,4)42-26-28-49-51(50(38)42)39-19-11-14-22-48(39)55-49/h5-31H,1H2,2-4H3/b32-29+. The van der Waals surface area contributed by atoms with Crippen LogP contribution in [0.5, 0.6) is 0 Å². The zero-order chi connectivity index (χ0) is 37.0. The minimum absolute atomic E-state index is 0.188. The molecule has 10 aromatic rings. The Morgan fingerprint density at radius 3 is 2.07 bits per heavy atom. The first-order chi connectivity index (χ1) is 26.9. The van der Waals surface area contributed by atoms with Gasteiger partial charge in [-0.1, -0.05) is 111 Å². The Balaban J connectivity index is 1.07. The number of para-hydroxylation sites is 4. The van der Waals surface area contributed by atoms with E-state index in [2.05, 4.69) is 188 Å². The topological polar surface area (TPSA) is 23.0 Å². The van der Waals surface area contributed by atoms with Gasteiger partial charge in [-0.05, 0) is 113 Å². The first-order valence-corrected chi connectivity index (χ1v) is 19.1. The molecule has 0 saturated heterocycles. The highest BCUT2D eigenvalue weighted by molar-refractivity contribution is 6.15. The minimum Gasteiger partial charge on any atom is -0.456 e. The van der Waals surface area contributed by atoms with Gasteiger partial charge in [0.25, 0.3) is 0 Å². The van der Waals surface area contributed by atoms with Gasteiger partial charge in [0.1, 0.15) is 11.2 Å². The monoisotopic (exact) mass is 706 g/mol. The van der Waals surface area contributed by atoms with Crippen molar-refractivity contribution in [2.24, 2.45) is 0 Å².